The lowest BCUT2D eigenvalue weighted by Crippen LogP contribution is -2.36. The maximum absolute atomic E-state index is 11.9. The number of hydroxylamine groups is 2. The summed E-state index contributed by atoms with van der Waals surface area (Å²) in [4.78, 5) is 0. The zero-order chi connectivity index (χ0) is 11.5. The van der Waals surface area contributed by atoms with Crippen molar-refractivity contribution in [2.75, 3.05) is 26.3 Å². The van der Waals surface area contributed by atoms with Crippen LogP contribution in [-0.4, -0.2) is 45.3 Å². The Morgan fingerprint density at radius 2 is 1.87 bits per heavy atom. The van der Waals surface area contributed by atoms with Gasteiger partial charge >= 0.3 is 15.6 Å². The van der Waals surface area contributed by atoms with Gasteiger partial charge in [-0.25, -0.2) is 0 Å². The average molecular weight is 249 g/mol. The summed E-state index contributed by atoms with van der Waals surface area (Å²) in [6.07, 6.45) is 0.424. The molecule has 0 aromatic rings. The molecule has 1 saturated heterocycles. The fourth-order valence-corrected chi connectivity index (χ4v) is 1.49. The first-order chi connectivity index (χ1) is 6.83. The largest absolute Gasteiger partial charge is 0.524 e. The van der Waals surface area contributed by atoms with E-state index in [1.54, 1.807) is 0 Å². The monoisotopic (exact) mass is 249 g/mol. The predicted octanol–water partition coefficient (Wildman–Crippen LogP) is 0.490. The zero-order valence-corrected chi connectivity index (χ0v) is 8.47. The van der Waals surface area contributed by atoms with Crippen LogP contribution in [-0.2, 0) is 19.1 Å². The Hall–Kier alpha value is -0.380. The highest BCUT2D eigenvalue weighted by atomic mass is 32.2. The van der Waals surface area contributed by atoms with Crippen molar-refractivity contribution in [2.45, 2.75) is 11.9 Å². The van der Waals surface area contributed by atoms with Crippen LogP contribution in [0.2, 0.25) is 0 Å². The van der Waals surface area contributed by atoms with Crippen molar-refractivity contribution in [3.63, 3.8) is 0 Å². The van der Waals surface area contributed by atoms with E-state index in [0.717, 1.165) is 5.06 Å². The molecule has 5 nitrogen and oxygen atoms in total. The van der Waals surface area contributed by atoms with E-state index in [9.17, 15) is 21.6 Å². The predicted molar refractivity (Wildman–Crippen MR) is 43.1 cm³/mol. The van der Waals surface area contributed by atoms with Crippen LogP contribution in [0.1, 0.15) is 6.42 Å². The lowest BCUT2D eigenvalue weighted by molar-refractivity contribution is -0.101. The van der Waals surface area contributed by atoms with E-state index in [-0.39, 0.29) is 19.7 Å². The van der Waals surface area contributed by atoms with Crippen LogP contribution in [0.5, 0.6) is 0 Å². The standard InChI is InChI=1S/C6H10F3NO4S/c7-6(8,9)15(11,12)14-10-2-1-4-13-5-3-10/h1-5H2. The molecule has 0 N–H and O–H groups in total. The molecule has 90 valence electrons. The molecule has 15 heavy (non-hydrogen) atoms. The molecule has 1 heterocycles. The number of hydrogen-bond donors (Lipinski definition) is 0. The summed E-state index contributed by atoms with van der Waals surface area (Å²) in [5, 5.41) is 0.746. The number of rotatable bonds is 2. The fraction of sp³-hybridized carbons (Fsp3) is 1.00. The topological polar surface area (TPSA) is 55.8 Å². The molecule has 0 saturated carbocycles. The lowest BCUT2D eigenvalue weighted by Gasteiger charge is -2.18. The Labute approximate surface area is 84.8 Å². The second-order valence-electron chi connectivity index (χ2n) is 2.87. The van der Waals surface area contributed by atoms with E-state index in [2.05, 4.69) is 4.28 Å². The summed E-state index contributed by atoms with van der Waals surface area (Å²) in [6, 6.07) is 0. The van der Waals surface area contributed by atoms with Gasteiger partial charge in [0.25, 0.3) is 0 Å². The highest BCUT2D eigenvalue weighted by Gasteiger charge is 2.48. The third kappa shape index (κ3) is 3.59. The molecule has 0 unspecified atom stereocenters. The van der Waals surface area contributed by atoms with Gasteiger partial charge in [-0.3, -0.25) is 0 Å². The van der Waals surface area contributed by atoms with E-state index in [4.69, 9.17) is 4.74 Å². The maximum Gasteiger partial charge on any atom is 0.524 e. The first-order valence-electron chi connectivity index (χ1n) is 4.16. The van der Waals surface area contributed by atoms with E-state index >= 15 is 0 Å². The third-order valence-corrected chi connectivity index (χ3v) is 2.64. The van der Waals surface area contributed by atoms with Crippen molar-refractivity contribution in [1.29, 1.82) is 0 Å². The molecule has 1 rings (SSSR count). The minimum atomic E-state index is -5.54. The van der Waals surface area contributed by atoms with Gasteiger partial charge < -0.3 is 4.74 Å². The molecule has 0 spiro atoms. The summed E-state index contributed by atoms with van der Waals surface area (Å²) in [7, 11) is -5.54. The molecule has 0 aromatic carbocycles. The van der Waals surface area contributed by atoms with Crippen LogP contribution in [0.4, 0.5) is 13.2 Å². The summed E-state index contributed by atoms with van der Waals surface area (Å²) in [6.45, 7) is 0.615. The molecule has 1 aliphatic heterocycles. The summed E-state index contributed by atoms with van der Waals surface area (Å²) in [5.74, 6) is 0. The van der Waals surface area contributed by atoms with Gasteiger partial charge in [-0.1, -0.05) is 0 Å². The summed E-state index contributed by atoms with van der Waals surface area (Å²) < 4.78 is 65.8. The minimum absolute atomic E-state index is 0.00465. The Balaban J connectivity index is 2.60. The number of hydrogen-bond acceptors (Lipinski definition) is 5. The lowest BCUT2D eigenvalue weighted by atomic mass is 10.4. The maximum atomic E-state index is 11.9. The van der Waals surface area contributed by atoms with Gasteiger partial charge in [0, 0.05) is 19.7 Å². The van der Waals surface area contributed by atoms with Gasteiger partial charge in [-0.15, -0.1) is 0 Å². The van der Waals surface area contributed by atoms with E-state index < -0.39 is 15.6 Å². The van der Waals surface area contributed by atoms with Crippen LogP contribution in [0, 0.1) is 0 Å². The number of ether oxygens (including phenoxy) is 1. The first-order valence-corrected chi connectivity index (χ1v) is 5.57. The average Bonchev–Trinajstić information content (AvgIpc) is 2.30. The molecule has 0 bridgehead atoms. The Kier molecular flexibility index (Phi) is 3.93. The Morgan fingerprint density at radius 1 is 1.20 bits per heavy atom. The van der Waals surface area contributed by atoms with Crippen molar-refractivity contribution >= 4 is 10.1 Å². The van der Waals surface area contributed by atoms with Gasteiger partial charge in [0.1, 0.15) is 0 Å². The van der Waals surface area contributed by atoms with E-state index in [1.165, 1.54) is 0 Å². The molecular weight excluding hydrogens is 239 g/mol. The highest BCUT2D eigenvalue weighted by molar-refractivity contribution is 7.87. The van der Waals surface area contributed by atoms with Crippen molar-refractivity contribution in [3.05, 3.63) is 0 Å². The molecule has 1 fully saturated rings. The van der Waals surface area contributed by atoms with Crippen LogP contribution >= 0.6 is 0 Å². The van der Waals surface area contributed by atoms with Gasteiger partial charge in [0.05, 0.1) is 6.61 Å². The van der Waals surface area contributed by atoms with Crippen molar-refractivity contribution in [2.24, 2.45) is 0 Å². The fourth-order valence-electron chi connectivity index (χ4n) is 0.979. The van der Waals surface area contributed by atoms with E-state index in [0.29, 0.717) is 13.0 Å². The van der Waals surface area contributed by atoms with Gasteiger partial charge in [0.2, 0.25) is 0 Å². The molecule has 9 heteroatoms. The SMILES string of the molecule is O=S(=O)(ON1CCCOCC1)C(F)(F)F. The van der Waals surface area contributed by atoms with Crippen molar-refractivity contribution in [1.82, 2.24) is 5.06 Å². The van der Waals surface area contributed by atoms with Crippen LogP contribution in [0.15, 0.2) is 0 Å². The molecule has 0 radical (unpaired) electrons. The normalized spacial score (nSPS) is 21.3. The van der Waals surface area contributed by atoms with Crippen molar-refractivity contribution < 1.29 is 30.6 Å². The minimum Gasteiger partial charge on any atom is -0.380 e. The summed E-state index contributed by atoms with van der Waals surface area (Å²) in [5.41, 5.74) is -5.39. The highest BCUT2D eigenvalue weighted by Crippen LogP contribution is 2.25. The van der Waals surface area contributed by atoms with E-state index in [1.807, 2.05) is 0 Å². The van der Waals surface area contributed by atoms with Gasteiger partial charge in [0.15, 0.2) is 0 Å². The molecule has 0 aliphatic carbocycles. The molecule has 0 atom stereocenters. The van der Waals surface area contributed by atoms with Gasteiger partial charge in [-0.2, -0.15) is 30.9 Å². The quantitative estimate of drug-likeness (QED) is 0.667. The second-order valence-corrected chi connectivity index (χ2v) is 4.39. The first kappa shape index (κ1) is 12.7. The Bertz CT molecular complexity index is 294. The molecular formula is C6H10F3NO4S. The number of halogens is 3. The Morgan fingerprint density at radius 3 is 2.47 bits per heavy atom. The third-order valence-electron chi connectivity index (χ3n) is 1.67. The molecule has 1 aliphatic rings. The number of nitrogens with zero attached hydrogens (tertiary/aromatic N) is 1. The smallest absolute Gasteiger partial charge is 0.380 e. The number of alkyl halides is 3. The summed E-state index contributed by atoms with van der Waals surface area (Å²) >= 11 is 0. The molecule has 0 amide bonds. The van der Waals surface area contributed by atoms with Gasteiger partial charge in [-0.05, 0) is 6.42 Å². The zero-order valence-electron chi connectivity index (χ0n) is 7.66. The van der Waals surface area contributed by atoms with Crippen molar-refractivity contribution in [3.8, 4) is 0 Å². The second kappa shape index (κ2) is 4.64. The van der Waals surface area contributed by atoms with Crippen LogP contribution < -0.4 is 0 Å². The molecule has 0 aromatic heterocycles. The van der Waals surface area contributed by atoms with Crippen LogP contribution in [0.3, 0.4) is 0 Å². The van der Waals surface area contributed by atoms with Crippen LogP contribution in [0.25, 0.3) is 0 Å².